The molecule has 0 aliphatic carbocycles. The minimum atomic E-state index is -3.28. The molecular weight excluding hydrogens is 279 g/mol. The first kappa shape index (κ1) is 9.69. The summed E-state index contributed by atoms with van der Waals surface area (Å²) in [5.74, 6) is 0. The molecule has 1 saturated heterocycles. The second-order valence-electron chi connectivity index (χ2n) is 2.74. The van der Waals surface area contributed by atoms with Crippen LogP contribution in [0.4, 0.5) is 0 Å². The summed E-state index contributed by atoms with van der Waals surface area (Å²) in [5.41, 5.74) is 0. The van der Waals surface area contributed by atoms with Crippen LogP contribution >= 0.6 is 22.6 Å². The summed E-state index contributed by atoms with van der Waals surface area (Å²) in [6, 6.07) is 0. The third-order valence-corrected chi connectivity index (χ3v) is 3.86. The zero-order valence-corrected chi connectivity index (χ0v) is 9.17. The molecule has 0 spiro atoms. The molecule has 66 valence electrons. The molecule has 1 aliphatic rings. The Morgan fingerprint density at radius 2 is 2.09 bits per heavy atom. The summed E-state index contributed by atoms with van der Waals surface area (Å²) in [4.78, 5) is 2.07. The van der Waals surface area contributed by atoms with E-state index in [0.29, 0.717) is 17.1 Å². The maximum atomic E-state index is 10.7. The maximum absolute atomic E-state index is 10.7. The van der Waals surface area contributed by atoms with Gasteiger partial charge in [0, 0.05) is 13.1 Å². The second-order valence-corrected chi connectivity index (χ2v) is 6.39. The van der Waals surface area contributed by atoms with Crippen molar-refractivity contribution in [3.8, 4) is 0 Å². The van der Waals surface area contributed by atoms with Gasteiger partial charge in [0.1, 0.15) is 5.25 Å². The van der Waals surface area contributed by atoms with E-state index in [0.717, 1.165) is 0 Å². The first-order valence-corrected chi connectivity index (χ1v) is 6.16. The lowest BCUT2D eigenvalue weighted by atomic mass is 10.2. The predicted octanol–water partition coefficient (Wildman–Crippen LogP) is -0.260. The van der Waals surface area contributed by atoms with E-state index in [1.54, 1.807) is 0 Å². The largest absolute Gasteiger partial charge is 0.289 e. The number of halogens is 1. The summed E-state index contributed by atoms with van der Waals surface area (Å²) in [7, 11) is -3.28. The third kappa shape index (κ3) is 2.27. The fourth-order valence-electron chi connectivity index (χ4n) is 0.968. The molecule has 1 atom stereocenters. The average molecular weight is 290 g/mol. The fourth-order valence-corrected chi connectivity index (χ4v) is 2.22. The van der Waals surface area contributed by atoms with Crippen molar-refractivity contribution in [2.24, 2.45) is 5.14 Å². The first-order valence-electron chi connectivity index (χ1n) is 3.31. The molecule has 0 amide bonds. The van der Waals surface area contributed by atoms with E-state index in [-0.39, 0.29) is 5.25 Å². The van der Waals surface area contributed by atoms with Crippen molar-refractivity contribution in [1.82, 2.24) is 4.90 Å². The van der Waals surface area contributed by atoms with E-state index in [9.17, 15) is 8.42 Å². The lowest BCUT2D eigenvalue weighted by Gasteiger charge is -2.39. The molecule has 1 aliphatic heterocycles. The van der Waals surface area contributed by atoms with E-state index in [4.69, 9.17) is 5.14 Å². The standard InChI is InChI=1S/C5H11IN2O2S/c1-4(6)8-2-5(3-8)11(7,9)10/h4-5H,2-3H2,1H3,(H2,7,9,10). The van der Waals surface area contributed by atoms with Crippen LogP contribution in [0.3, 0.4) is 0 Å². The lowest BCUT2D eigenvalue weighted by molar-refractivity contribution is 0.186. The van der Waals surface area contributed by atoms with Crippen LogP contribution in [-0.2, 0) is 10.0 Å². The van der Waals surface area contributed by atoms with E-state index in [2.05, 4.69) is 27.5 Å². The first-order chi connectivity index (χ1) is 4.91. The zero-order chi connectivity index (χ0) is 8.65. The molecule has 1 fully saturated rings. The van der Waals surface area contributed by atoms with Gasteiger partial charge in [-0.15, -0.1) is 0 Å². The quantitative estimate of drug-likeness (QED) is 0.433. The molecule has 4 nitrogen and oxygen atoms in total. The summed E-state index contributed by atoms with van der Waals surface area (Å²) in [6.07, 6.45) is 0. The van der Waals surface area contributed by atoms with Crippen molar-refractivity contribution in [3.63, 3.8) is 0 Å². The van der Waals surface area contributed by atoms with Crippen LogP contribution in [0.1, 0.15) is 6.92 Å². The van der Waals surface area contributed by atoms with Gasteiger partial charge in [-0.3, -0.25) is 4.90 Å². The van der Waals surface area contributed by atoms with Gasteiger partial charge < -0.3 is 0 Å². The van der Waals surface area contributed by atoms with E-state index < -0.39 is 10.0 Å². The Bertz CT molecular complexity index is 233. The fraction of sp³-hybridized carbons (Fsp3) is 1.00. The van der Waals surface area contributed by atoms with Gasteiger partial charge in [0.2, 0.25) is 10.0 Å². The van der Waals surface area contributed by atoms with Gasteiger partial charge in [-0.05, 0) is 6.92 Å². The molecule has 0 bridgehead atoms. The van der Waals surface area contributed by atoms with Gasteiger partial charge in [-0.1, -0.05) is 22.6 Å². The zero-order valence-electron chi connectivity index (χ0n) is 6.20. The normalized spacial score (nSPS) is 24.6. The van der Waals surface area contributed by atoms with Crippen LogP contribution < -0.4 is 5.14 Å². The third-order valence-electron chi connectivity index (χ3n) is 1.84. The van der Waals surface area contributed by atoms with Gasteiger partial charge in [0.15, 0.2) is 0 Å². The molecule has 0 saturated carbocycles. The van der Waals surface area contributed by atoms with Crippen molar-refractivity contribution in [2.75, 3.05) is 13.1 Å². The molecule has 0 aromatic rings. The number of alkyl halides is 1. The Hall–Kier alpha value is 0.600. The second kappa shape index (κ2) is 3.15. The highest BCUT2D eigenvalue weighted by Crippen LogP contribution is 2.19. The van der Waals surface area contributed by atoms with E-state index in [1.807, 2.05) is 6.92 Å². The Labute approximate surface area is 80.3 Å². The lowest BCUT2D eigenvalue weighted by Crippen LogP contribution is -2.57. The highest BCUT2D eigenvalue weighted by molar-refractivity contribution is 14.1. The maximum Gasteiger partial charge on any atom is 0.214 e. The highest BCUT2D eigenvalue weighted by Gasteiger charge is 2.36. The van der Waals surface area contributed by atoms with Crippen LogP contribution in [0.2, 0.25) is 0 Å². The van der Waals surface area contributed by atoms with Gasteiger partial charge in [0.25, 0.3) is 0 Å². The van der Waals surface area contributed by atoms with E-state index in [1.165, 1.54) is 0 Å². The Morgan fingerprint density at radius 3 is 2.36 bits per heavy atom. The summed E-state index contributed by atoms with van der Waals surface area (Å²) < 4.78 is 21.9. The molecule has 0 radical (unpaired) electrons. The predicted molar refractivity (Wildman–Crippen MR) is 52.0 cm³/mol. The number of nitrogens with two attached hydrogens (primary N) is 1. The minimum absolute atomic E-state index is 0.334. The summed E-state index contributed by atoms with van der Waals surface area (Å²) in [5, 5.41) is 4.61. The minimum Gasteiger partial charge on any atom is -0.289 e. The van der Waals surface area contributed by atoms with Crippen LogP contribution in [0.5, 0.6) is 0 Å². The molecule has 0 aromatic carbocycles. The monoisotopic (exact) mass is 290 g/mol. The SMILES string of the molecule is CC(I)N1CC(S(N)(=O)=O)C1. The van der Waals surface area contributed by atoms with Gasteiger partial charge in [0.05, 0.1) is 4.05 Å². The number of hydrogen-bond acceptors (Lipinski definition) is 3. The summed E-state index contributed by atoms with van der Waals surface area (Å²) in [6.45, 7) is 3.20. The molecule has 11 heavy (non-hydrogen) atoms. The van der Waals surface area contributed by atoms with Gasteiger partial charge in [-0.2, -0.15) is 0 Å². The van der Waals surface area contributed by atoms with Crippen molar-refractivity contribution < 1.29 is 8.42 Å². The number of hydrogen-bond donors (Lipinski definition) is 1. The molecule has 1 heterocycles. The van der Waals surface area contributed by atoms with Crippen LogP contribution in [0.15, 0.2) is 0 Å². The number of nitrogens with zero attached hydrogens (tertiary/aromatic N) is 1. The molecule has 2 N–H and O–H groups in total. The number of sulfonamides is 1. The Morgan fingerprint density at radius 1 is 1.64 bits per heavy atom. The Kier molecular flexibility index (Phi) is 2.78. The number of likely N-dealkylation sites (tertiary alicyclic amines) is 1. The number of rotatable bonds is 2. The molecule has 6 heteroatoms. The molecule has 1 rings (SSSR count). The van der Waals surface area contributed by atoms with Crippen molar-refractivity contribution in [2.45, 2.75) is 16.2 Å². The highest BCUT2D eigenvalue weighted by atomic mass is 127. The van der Waals surface area contributed by atoms with Crippen LogP contribution in [-0.4, -0.2) is 35.7 Å². The van der Waals surface area contributed by atoms with Crippen LogP contribution in [0.25, 0.3) is 0 Å². The topological polar surface area (TPSA) is 63.4 Å². The van der Waals surface area contributed by atoms with Crippen molar-refractivity contribution >= 4 is 32.6 Å². The van der Waals surface area contributed by atoms with E-state index >= 15 is 0 Å². The van der Waals surface area contributed by atoms with Gasteiger partial charge >= 0.3 is 0 Å². The smallest absolute Gasteiger partial charge is 0.214 e. The van der Waals surface area contributed by atoms with Crippen molar-refractivity contribution in [3.05, 3.63) is 0 Å². The average Bonchev–Trinajstić information content (AvgIpc) is 1.51. The van der Waals surface area contributed by atoms with Gasteiger partial charge in [-0.25, -0.2) is 13.6 Å². The van der Waals surface area contributed by atoms with Crippen molar-refractivity contribution in [1.29, 1.82) is 0 Å². The molecular formula is C5H11IN2O2S. The number of primary sulfonamides is 1. The molecule has 0 aromatic heterocycles. The molecule has 1 unspecified atom stereocenters. The van der Waals surface area contributed by atoms with Crippen LogP contribution in [0, 0.1) is 0 Å². The Balaban J connectivity index is 2.42. The summed E-state index contributed by atoms with van der Waals surface area (Å²) >= 11 is 2.25.